The Morgan fingerprint density at radius 1 is 0.857 bits per heavy atom. The van der Waals surface area contributed by atoms with Gasteiger partial charge in [0.25, 0.3) is 0 Å². The first-order valence-corrected chi connectivity index (χ1v) is 10.9. The maximum atomic E-state index is 12.7. The Balaban J connectivity index is 1.62. The standard InChI is InChI=1S/C22H34N4O2/c1-3-19-12-5-7-14-25(19)21(27)23-17-10-9-11-18(16-17)24-22(28)26-15-8-6-13-20(26)4-2/h9-11,16,19-20H,3-8,12-15H2,1-2H3,(H,23,27)(H,24,28)/t19-,20-/m0/s1. The highest BCUT2D eigenvalue weighted by atomic mass is 16.2. The molecule has 1 aromatic carbocycles. The molecule has 0 bridgehead atoms. The summed E-state index contributed by atoms with van der Waals surface area (Å²) in [6.45, 7) is 5.90. The van der Waals surface area contributed by atoms with Gasteiger partial charge < -0.3 is 20.4 Å². The monoisotopic (exact) mass is 386 g/mol. The molecule has 0 aliphatic carbocycles. The molecule has 2 saturated heterocycles. The van der Waals surface area contributed by atoms with Crippen LogP contribution in [0.25, 0.3) is 0 Å². The lowest BCUT2D eigenvalue weighted by atomic mass is 10.0. The third-order valence-corrected chi connectivity index (χ3v) is 6.08. The lowest BCUT2D eigenvalue weighted by Crippen LogP contribution is -2.45. The zero-order chi connectivity index (χ0) is 19.9. The number of anilines is 2. The zero-order valence-corrected chi connectivity index (χ0v) is 17.2. The van der Waals surface area contributed by atoms with E-state index in [1.165, 1.54) is 12.8 Å². The molecule has 4 amide bonds. The van der Waals surface area contributed by atoms with Crippen LogP contribution in [0.5, 0.6) is 0 Å². The first kappa shape index (κ1) is 20.5. The number of rotatable bonds is 4. The average Bonchev–Trinajstić information content (AvgIpc) is 2.73. The molecule has 154 valence electrons. The van der Waals surface area contributed by atoms with Gasteiger partial charge in [0, 0.05) is 36.5 Å². The third-order valence-electron chi connectivity index (χ3n) is 6.08. The number of urea groups is 2. The van der Waals surface area contributed by atoms with Crippen molar-refractivity contribution in [2.24, 2.45) is 0 Å². The fourth-order valence-electron chi connectivity index (χ4n) is 4.45. The number of nitrogens with one attached hydrogen (secondary N) is 2. The highest BCUT2D eigenvalue weighted by Gasteiger charge is 2.26. The van der Waals surface area contributed by atoms with E-state index in [-0.39, 0.29) is 12.1 Å². The first-order valence-electron chi connectivity index (χ1n) is 10.9. The number of hydrogen-bond donors (Lipinski definition) is 2. The number of hydrogen-bond acceptors (Lipinski definition) is 2. The van der Waals surface area contributed by atoms with E-state index in [2.05, 4.69) is 24.5 Å². The van der Waals surface area contributed by atoms with Crippen LogP contribution in [0.4, 0.5) is 21.0 Å². The minimum Gasteiger partial charge on any atom is -0.322 e. The summed E-state index contributed by atoms with van der Waals surface area (Å²) in [6, 6.07) is 8.00. The summed E-state index contributed by atoms with van der Waals surface area (Å²) in [5.74, 6) is 0. The van der Waals surface area contributed by atoms with E-state index in [1.807, 2.05) is 34.1 Å². The van der Waals surface area contributed by atoms with Crippen molar-refractivity contribution in [1.82, 2.24) is 9.80 Å². The predicted molar refractivity (Wildman–Crippen MR) is 114 cm³/mol. The number of carbonyl (C=O) groups is 2. The Morgan fingerprint density at radius 2 is 1.32 bits per heavy atom. The molecule has 6 nitrogen and oxygen atoms in total. The predicted octanol–water partition coefficient (Wildman–Crippen LogP) is 5.28. The second-order valence-corrected chi connectivity index (χ2v) is 7.94. The largest absolute Gasteiger partial charge is 0.322 e. The third kappa shape index (κ3) is 4.97. The molecule has 2 aliphatic rings. The lowest BCUT2D eigenvalue weighted by molar-refractivity contribution is 0.160. The van der Waals surface area contributed by atoms with Crippen molar-refractivity contribution in [3.05, 3.63) is 24.3 Å². The van der Waals surface area contributed by atoms with Gasteiger partial charge in [-0.1, -0.05) is 19.9 Å². The van der Waals surface area contributed by atoms with Crippen LogP contribution in [-0.4, -0.2) is 47.0 Å². The van der Waals surface area contributed by atoms with Gasteiger partial charge >= 0.3 is 12.1 Å². The second kappa shape index (κ2) is 9.80. The molecule has 2 aliphatic heterocycles. The molecule has 2 heterocycles. The Labute approximate surface area is 168 Å². The smallest absolute Gasteiger partial charge is 0.322 e. The van der Waals surface area contributed by atoms with Gasteiger partial charge in [0.15, 0.2) is 0 Å². The van der Waals surface area contributed by atoms with E-state index in [1.54, 1.807) is 0 Å². The van der Waals surface area contributed by atoms with Gasteiger partial charge in [-0.05, 0) is 69.6 Å². The summed E-state index contributed by atoms with van der Waals surface area (Å²) in [4.78, 5) is 29.3. The normalized spacial score (nSPS) is 22.6. The van der Waals surface area contributed by atoms with Crippen molar-refractivity contribution >= 4 is 23.4 Å². The average molecular weight is 387 g/mol. The molecule has 0 radical (unpaired) electrons. The summed E-state index contributed by atoms with van der Waals surface area (Å²) in [7, 11) is 0. The van der Waals surface area contributed by atoms with Gasteiger partial charge in [-0.25, -0.2) is 9.59 Å². The molecule has 0 saturated carbocycles. The van der Waals surface area contributed by atoms with Gasteiger partial charge in [-0.15, -0.1) is 0 Å². The molecule has 2 N–H and O–H groups in total. The highest BCUT2D eigenvalue weighted by Crippen LogP contribution is 2.23. The lowest BCUT2D eigenvalue weighted by Gasteiger charge is -2.35. The Kier molecular flexibility index (Phi) is 7.18. The quantitative estimate of drug-likeness (QED) is 0.739. The Bertz CT molecular complexity index is 625. The maximum Gasteiger partial charge on any atom is 0.322 e. The number of amides is 4. The van der Waals surface area contributed by atoms with Gasteiger partial charge in [-0.2, -0.15) is 0 Å². The zero-order valence-electron chi connectivity index (χ0n) is 17.2. The van der Waals surface area contributed by atoms with Gasteiger partial charge in [-0.3, -0.25) is 0 Å². The van der Waals surface area contributed by atoms with Crippen LogP contribution in [0, 0.1) is 0 Å². The van der Waals surface area contributed by atoms with Gasteiger partial charge in [0.2, 0.25) is 0 Å². The summed E-state index contributed by atoms with van der Waals surface area (Å²) < 4.78 is 0. The SMILES string of the molecule is CC[C@H]1CCCCN1C(=O)Nc1cccc(NC(=O)N2CCCC[C@@H]2CC)c1. The fourth-order valence-corrected chi connectivity index (χ4v) is 4.45. The van der Waals surface area contributed by atoms with Crippen LogP contribution in [-0.2, 0) is 0 Å². The van der Waals surface area contributed by atoms with Crippen LogP contribution < -0.4 is 10.6 Å². The number of carbonyl (C=O) groups excluding carboxylic acids is 2. The van der Waals surface area contributed by atoms with Crippen LogP contribution in [0.1, 0.15) is 65.2 Å². The molecule has 0 unspecified atom stereocenters. The number of benzene rings is 1. The van der Waals surface area contributed by atoms with Crippen molar-refractivity contribution in [2.75, 3.05) is 23.7 Å². The fraction of sp³-hybridized carbons (Fsp3) is 0.636. The number of nitrogens with zero attached hydrogens (tertiary/aromatic N) is 2. The van der Waals surface area contributed by atoms with Crippen LogP contribution in [0.15, 0.2) is 24.3 Å². The van der Waals surface area contributed by atoms with Crippen molar-refractivity contribution < 1.29 is 9.59 Å². The summed E-state index contributed by atoms with van der Waals surface area (Å²) in [6.07, 6.45) is 8.64. The molecule has 3 rings (SSSR count). The van der Waals surface area contributed by atoms with E-state index in [4.69, 9.17) is 0 Å². The van der Waals surface area contributed by atoms with Crippen LogP contribution in [0.2, 0.25) is 0 Å². The molecule has 6 heteroatoms. The summed E-state index contributed by atoms with van der Waals surface area (Å²) >= 11 is 0. The maximum absolute atomic E-state index is 12.7. The summed E-state index contributed by atoms with van der Waals surface area (Å²) in [5, 5.41) is 6.02. The minimum atomic E-state index is -0.0443. The van der Waals surface area contributed by atoms with E-state index in [0.717, 1.165) is 51.6 Å². The minimum absolute atomic E-state index is 0.0443. The second-order valence-electron chi connectivity index (χ2n) is 7.94. The van der Waals surface area contributed by atoms with E-state index in [9.17, 15) is 9.59 Å². The molecule has 1 aromatic rings. The molecular weight excluding hydrogens is 352 g/mol. The highest BCUT2D eigenvalue weighted by molar-refractivity contribution is 5.93. The van der Waals surface area contributed by atoms with Crippen LogP contribution >= 0.6 is 0 Å². The van der Waals surface area contributed by atoms with E-state index in [0.29, 0.717) is 23.5 Å². The molecule has 28 heavy (non-hydrogen) atoms. The molecule has 0 aromatic heterocycles. The molecule has 2 atom stereocenters. The van der Waals surface area contributed by atoms with Gasteiger partial charge in [0.05, 0.1) is 0 Å². The summed E-state index contributed by atoms with van der Waals surface area (Å²) in [5.41, 5.74) is 1.43. The van der Waals surface area contributed by atoms with Gasteiger partial charge in [0.1, 0.15) is 0 Å². The van der Waals surface area contributed by atoms with Crippen LogP contribution in [0.3, 0.4) is 0 Å². The first-order chi connectivity index (χ1) is 13.6. The number of likely N-dealkylation sites (tertiary alicyclic amines) is 2. The Morgan fingerprint density at radius 3 is 1.75 bits per heavy atom. The van der Waals surface area contributed by atoms with E-state index >= 15 is 0 Å². The number of piperidine rings is 2. The van der Waals surface area contributed by atoms with Crippen molar-refractivity contribution in [2.45, 2.75) is 77.3 Å². The van der Waals surface area contributed by atoms with Crippen molar-refractivity contribution in [3.8, 4) is 0 Å². The Hall–Kier alpha value is -2.24. The van der Waals surface area contributed by atoms with Crippen molar-refractivity contribution in [3.63, 3.8) is 0 Å². The molecule has 2 fully saturated rings. The van der Waals surface area contributed by atoms with Crippen molar-refractivity contribution in [1.29, 1.82) is 0 Å². The molecule has 0 spiro atoms. The topological polar surface area (TPSA) is 64.7 Å². The van der Waals surface area contributed by atoms with E-state index < -0.39 is 0 Å². The molecular formula is C22H34N4O2.